The summed E-state index contributed by atoms with van der Waals surface area (Å²) in [6.07, 6.45) is 1.47. The summed E-state index contributed by atoms with van der Waals surface area (Å²) < 4.78 is 49.4. The van der Waals surface area contributed by atoms with Crippen molar-refractivity contribution in [3.63, 3.8) is 0 Å². The Bertz CT molecular complexity index is 1340. The molecule has 0 radical (unpaired) electrons. The van der Waals surface area contributed by atoms with Gasteiger partial charge in [-0.15, -0.1) is 0 Å². The zero-order valence-corrected chi connectivity index (χ0v) is 17.9. The van der Waals surface area contributed by atoms with Crippen LogP contribution in [0.5, 0.6) is 0 Å². The Balaban J connectivity index is 1.34. The van der Waals surface area contributed by atoms with Crippen LogP contribution in [-0.4, -0.2) is 57.6 Å². The van der Waals surface area contributed by atoms with E-state index in [4.69, 9.17) is 0 Å². The van der Waals surface area contributed by atoms with Crippen LogP contribution >= 0.6 is 11.7 Å². The highest BCUT2D eigenvalue weighted by Gasteiger charge is 2.31. The number of anilines is 1. The number of benzene rings is 2. The predicted octanol–water partition coefficient (Wildman–Crippen LogP) is 2.80. The molecule has 5 rings (SSSR count). The maximum atomic E-state index is 13.2. The van der Waals surface area contributed by atoms with Gasteiger partial charge in [0.2, 0.25) is 10.0 Å². The molecule has 0 bridgehead atoms. The fourth-order valence-corrected chi connectivity index (χ4v) is 5.76. The summed E-state index contributed by atoms with van der Waals surface area (Å²) in [7, 11) is -3.68. The van der Waals surface area contributed by atoms with Crippen molar-refractivity contribution in [1.82, 2.24) is 23.0 Å². The predicted molar refractivity (Wildman–Crippen MR) is 116 cm³/mol. The highest BCUT2D eigenvalue weighted by atomic mass is 32.2. The molecule has 1 saturated heterocycles. The van der Waals surface area contributed by atoms with Gasteiger partial charge in [-0.3, -0.25) is 0 Å². The fourth-order valence-electron chi connectivity index (χ4n) is 3.58. The number of fused-ring (bicyclic) bond motifs is 1. The van der Waals surface area contributed by atoms with Crippen molar-refractivity contribution in [3.05, 3.63) is 60.7 Å². The molecule has 0 atom stereocenters. The summed E-state index contributed by atoms with van der Waals surface area (Å²) in [5, 5.41) is 0. The van der Waals surface area contributed by atoms with E-state index in [0.29, 0.717) is 48.7 Å². The lowest BCUT2D eigenvalue weighted by atomic mass is 10.1. The first-order valence-corrected chi connectivity index (χ1v) is 11.7. The van der Waals surface area contributed by atoms with Crippen LogP contribution in [0.25, 0.3) is 22.3 Å². The number of halogens is 1. The van der Waals surface area contributed by atoms with Gasteiger partial charge in [-0.25, -0.2) is 22.8 Å². The Hall–Kier alpha value is -3.02. The lowest BCUT2D eigenvalue weighted by Gasteiger charge is -2.34. The van der Waals surface area contributed by atoms with Crippen LogP contribution in [0.4, 0.5) is 10.2 Å². The molecule has 1 aliphatic heterocycles. The number of aromatic nitrogens is 4. The van der Waals surface area contributed by atoms with E-state index >= 15 is 0 Å². The first-order valence-electron chi connectivity index (χ1n) is 9.57. The molecule has 1 aliphatic rings. The fraction of sp³-hybridized carbons (Fsp3) is 0.200. The van der Waals surface area contributed by atoms with E-state index in [0.717, 1.165) is 17.3 Å². The number of sulfonamides is 1. The van der Waals surface area contributed by atoms with Crippen LogP contribution in [0.2, 0.25) is 0 Å². The third-order valence-corrected chi connectivity index (χ3v) is 7.69. The summed E-state index contributed by atoms with van der Waals surface area (Å²) in [6, 6.07) is 13.0. The normalized spacial score (nSPS) is 15.5. The van der Waals surface area contributed by atoms with Crippen LogP contribution in [0.15, 0.2) is 59.8 Å². The quantitative estimate of drug-likeness (QED) is 0.466. The molecule has 11 heteroatoms. The van der Waals surface area contributed by atoms with Crippen molar-refractivity contribution in [3.8, 4) is 11.3 Å². The molecule has 8 nitrogen and oxygen atoms in total. The molecule has 1 fully saturated rings. The minimum Gasteiger partial charge on any atom is -0.354 e. The first kappa shape index (κ1) is 19.9. The Kier molecular flexibility index (Phi) is 5.08. The van der Waals surface area contributed by atoms with E-state index in [2.05, 4.69) is 18.7 Å². The lowest BCUT2D eigenvalue weighted by Crippen LogP contribution is -2.49. The van der Waals surface area contributed by atoms with E-state index in [1.807, 2.05) is 11.0 Å². The molecule has 0 aliphatic carbocycles. The molecule has 158 valence electrons. The van der Waals surface area contributed by atoms with Gasteiger partial charge >= 0.3 is 0 Å². The summed E-state index contributed by atoms with van der Waals surface area (Å²) in [5.74, 6) is 0.400. The van der Waals surface area contributed by atoms with Crippen LogP contribution in [-0.2, 0) is 10.0 Å². The van der Waals surface area contributed by atoms with E-state index in [1.54, 1.807) is 30.3 Å². The highest BCUT2D eigenvalue weighted by molar-refractivity contribution is 7.89. The van der Waals surface area contributed by atoms with E-state index in [1.165, 1.54) is 22.8 Å². The zero-order chi connectivity index (χ0) is 21.4. The molecule has 31 heavy (non-hydrogen) atoms. The summed E-state index contributed by atoms with van der Waals surface area (Å²) >= 11 is 1.00. The molecular formula is C20H17FN6O2S2. The van der Waals surface area contributed by atoms with E-state index < -0.39 is 10.0 Å². The van der Waals surface area contributed by atoms with Gasteiger partial charge in [-0.1, -0.05) is 6.07 Å². The topological polar surface area (TPSA) is 92.2 Å². The third-order valence-electron chi connectivity index (χ3n) is 5.22. The molecule has 0 unspecified atom stereocenters. The van der Waals surface area contributed by atoms with Gasteiger partial charge in [-0.05, 0) is 36.4 Å². The molecule has 2 aromatic carbocycles. The number of piperazine rings is 1. The van der Waals surface area contributed by atoms with E-state index in [-0.39, 0.29) is 10.7 Å². The largest absolute Gasteiger partial charge is 0.354 e. The number of hydrogen-bond acceptors (Lipinski definition) is 8. The minimum atomic E-state index is -3.68. The summed E-state index contributed by atoms with van der Waals surface area (Å²) in [4.78, 5) is 10.8. The van der Waals surface area contributed by atoms with Gasteiger partial charge in [-0.2, -0.15) is 13.1 Å². The van der Waals surface area contributed by atoms with Gasteiger partial charge in [0, 0.05) is 37.8 Å². The number of hydrogen-bond donors (Lipinski definition) is 0. The molecule has 0 N–H and O–H groups in total. The standard InChI is InChI=1S/C20H17FN6O2S2/c21-15-6-4-14(5-7-15)17-12-19(23-13-22-17)26-8-10-27(11-9-26)31(28,29)18-3-1-2-16-20(18)25-30-24-16/h1-7,12-13H,8-11H2. The molecule has 0 spiro atoms. The first-order chi connectivity index (χ1) is 15.0. The van der Waals surface area contributed by atoms with Gasteiger partial charge < -0.3 is 4.90 Å². The Morgan fingerprint density at radius 2 is 1.71 bits per heavy atom. The smallest absolute Gasteiger partial charge is 0.245 e. The van der Waals surface area contributed by atoms with E-state index in [9.17, 15) is 12.8 Å². The second kappa shape index (κ2) is 7.91. The number of rotatable bonds is 4. The molecule has 0 amide bonds. The minimum absolute atomic E-state index is 0.188. The van der Waals surface area contributed by atoms with Gasteiger partial charge in [0.1, 0.15) is 33.9 Å². The Morgan fingerprint density at radius 3 is 2.48 bits per heavy atom. The SMILES string of the molecule is O=S(=O)(c1cccc2nsnc12)N1CCN(c2cc(-c3ccc(F)cc3)ncn2)CC1. The maximum absolute atomic E-state index is 13.2. The molecular weight excluding hydrogens is 439 g/mol. The second-order valence-electron chi connectivity index (χ2n) is 7.05. The van der Waals surface area contributed by atoms with Crippen molar-refractivity contribution in [2.24, 2.45) is 0 Å². The van der Waals surface area contributed by atoms with Crippen molar-refractivity contribution in [2.45, 2.75) is 4.90 Å². The highest BCUT2D eigenvalue weighted by Crippen LogP contribution is 2.27. The summed E-state index contributed by atoms with van der Waals surface area (Å²) in [5.41, 5.74) is 2.47. The van der Waals surface area contributed by atoms with Crippen LogP contribution in [0.3, 0.4) is 0 Å². The lowest BCUT2D eigenvalue weighted by molar-refractivity contribution is 0.384. The molecule has 4 aromatic rings. The number of nitrogens with zero attached hydrogens (tertiary/aromatic N) is 6. The van der Waals surface area contributed by atoms with Crippen LogP contribution in [0.1, 0.15) is 0 Å². The third kappa shape index (κ3) is 3.75. The van der Waals surface area contributed by atoms with Crippen LogP contribution < -0.4 is 4.90 Å². The Morgan fingerprint density at radius 1 is 0.935 bits per heavy atom. The van der Waals surface area contributed by atoms with Crippen molar-refractivity contribution in [2.75, 3.05) is 31.1 Å². The average Bonchev–Trinajstić information content (AvgIpc) is 3.29. The van der Waals surface area contributed by atoms with Crippen LogP contribution in [0, 0.1) is 5.82 Å². The maximum Gasteiger partial charge on any atom is 0.245 e. The van der Waals surface area contributed by atoms with Gasteiger partial charge in [0.15, 0.2) is 0 Å². The van der Waals surface area contributed by atoms with Crippen molar-refractivity contribution >= 4 is 38.6 Å². The molecule has 3 heterocycles. The monoisotopic (exact) mass is 456 g/mol. The zero-order valence-electron chi connectivity index (χ0n) is 16.2. The van der Waals surface area contributed by atoms with Gasteiger partial charge in [0.25, 0.3) is 0 Å². The Labute approximate surface area is 182 Å². The molecule has 0 saturated carbocycles. The summed E-state index contributed by atoms with van der Waals surface area (Å²) in [6.45, 7) is 1.63. The van der Waals surface area contributed by atoms with Gasteiger partial charge in [0.05, 0.1) is 17.4 Å². The average molecular weight is 457 g/mol. The van der Waals surface area contributed by atoms with Crippen molar-refractivity contribution in [1.29, 1.82) is 0 Å². The second-order valence-corrected chi connectivity index (χ2v) is 9.48. The van der Waals surface area contributed by atoms with Crippen molar-refractivity contribution < 1.29 is 12.8 Å². The molecule has 2 aromatic heterocycles.